The van der Waals surface area contributed by atoms with Crippen molar-refractivity contribution in [2.75, 3.05) is 17.7 Å². The van der Waals surface area contributed by atoms with E-state index in [0.29, 0.717) is 28.0 Å². The van der Waals surface area contributed by atoms with E-state index in [1.54, 1.807) is 24.3 Å². The van der Waals surface area contributed by atoms with Crippen molar-refractivity contribution < 1.29 is 14.6 Å². The predicted octanol–water partition coefficient (Wildman–Crippen LogP) is 3.22. The van der Waals surface area contributed by atoms with Crippen LogP contribution in [0.15, 0.2) is 36.5 Å². The van der Waals surface area contributed by atoms with Crippen LogP contribution >= 0.6 is 11.6 Å². The van der Waals surface area contributed by atoms with E-state index >= 15 is 0 Å². The van der Waals surface area contributed by atoms with Gasteiger partial charge in [0.1, 0.15) is 16.7 Å². The Morgan fingerprint density at radius 3 is 2.65 bits per heavy atom. The van der Waals surface area contributed by atoms with Crippen LogP contribution in [0.25, 0.3) is 0 Å². The number of anilines is 2. The van der Waals surface area contributed by atoms with E-state index in [0.717, 1.165) is 4.90 Å². The van der Waals surface area contributed by atoms with Crippen LogP contribution < -0.4 is 15.4 Å². The fraction of sp³-hybridized carbons (Fsp3) is 0.0769. The van der Waals surface area contributed by atoms with Crippen molar-refractivity contribution in [1.29, 1.82) is 0 Å². The number of carbonyl (C=O) groups is 1. The molecule has 6 nitrogen and oxygen atoms in total. The third-order valence-corrected chi connectivity index (χ3v) is 2.81. The molecule has 2 rings (SSSR count). The normalized spacial score (nSPS) is 10.1. The molecule has 0 aliphatic heterocycles. The van der Waals surface area contributed by atoms with Gasteiger partial charge in [0, 0.05) is 13.1 Å². The zero-order valence-corrected chi connectivity index (χ0v) is 11.3. The van der Waals surface area contributed by atoms with E-state index in [9.17, 15) is 4.79 Å². The number of aromatic nitrogens is 1. The first-order valence-electron chi connectivity index (χ1n) is 5.63. The number of nitrogens with two attached hydrogens (primary N) is 1. The summed E-state index contributed by atoms with van der Waals surface area (Å²) in [5, 5.41) is 9.34. The van der Waals surface area contributed by atoms with Crippen LogP contribution in [0.2, 0.25) is 5.15 Å². The molecule has 0 saturated heterocycles. The van der Waals surface area contributed by atoms with Crippen molar-refractivity contribution in [2.24, 2.45) is 0 Å². The molecule has 1 heterocycles. The lowest BCUT2D eigenvalue weighted by Gasteiger charge is -2.16. The number of halogens is 1. The molecule has 2 aromatic rings. The van der Waals surface area contributed by atoms with E-state index in [1.807, 2.05) is 0 Å². The van der Waals surface area contributed by atoms with Gasteiger partial charge in [-0.25, -0.2) is 9.78 Å². The fourth-order valence-electron chi connectivity index (χ4n) is 1.54. The Balaban J connectivity index is 2.27. The number of ether oxygens (including phenoxy) is 1. The summed E-state index contributed by atoms with van der Waals surface area (Å²) in [6.07, 6.45) is 0.362. The van der Waals surface area contributed by atoms with Crippen LogP contribution in [0.1, 0.15) is 0 Å². The second-order valence-corrected chi connectivity index (χ2v) is 4.37. The molecule has 7 heteroatoms. The van der Waals surface area contributed by atoms with Crippen LogP contribution in [0.3, 0.4) is 0 Å². The lowest BCUT2D eigenvalue weighted by Crippen LogP contribution is -2.24. The quantitative estimate of drug-likeness (QED) is 0.670. The standard InChI is InChI=1S/C13H12ClN3O3/c1-17(13(18)19)11-6-8(2-4-10(11)15)20-9-3-5-12(14)16-7-9/h2-7H,15H2,1H3,(H,18,19). The molecule has 3 N–H and O–H groups in total. The Kier molecular flexibility index (Phi) is 3.95. The molecule has 0 radical (unpaired) electrons. The van der Waals surface area contributed by atoms with E-state index in [2.05, 4.69) is 4.98 Å². The number of amides is 1. The van der Waals surface area contributed by atoms with Gasteiger partial charge in [0.05, 0.1) is 17.6 Å². The molecule has 0 unspecified atom stereocenters. The van der Waals surface area contributed by atoms with Gasteiger partial charge in [0.15, 0.2) is 0 Å². The first kappa shape index (κ1) is 14.0. The topological polar surface area (TPSA) is 88.7 Å². The molecule has 0 saturated carbocycles. The molecule has 0 aliphatic rings. The Morgan fingerprint density at radius 2 is 2.05 bits per heavy atom. The van der Waals surface area contributed by atoms with E-state index in [1.165, 1.54) is 19.3 Å². The van der Waals surface area contributed by atoms with Crippen LogP contribution in [0.5, 0.6) is 11.5 Å². The number of nitrogen functional groups attached to an aromatic ring is 1. The molecular weight excluding hydrogens is 282 g/mol. The Labute approximate surface area is 120 Å². The van der Waals surface area contributed by atoms with Gasteiger partial charge >= 0.3 is 6.09 Å². The second kappa shape index (κ2) is 5.66. The number of hydrogen-bond donors (Lipinski definition) is 2. The van der Waals surface area contributed by atoms with Gasteiger partial charge in [-0.1, -0.05) is 11.6 Å². The van der Waals surface area contributed by atoms with Crippen LogP contribution in [-0.4, -0.2) is 23.2 Å². The zero-order chi connectivity index (χ0) is 14.7. The molecule has 0 bridgehead atoms. The average Bonchev–Trinajstić information content (AvgIpc) is 2.42. The van der Waals surface area contributed by atoms with Crippen molar-refractivity contribution in [2.45, 2.75) is 0 Å². The van der Waals surface area contributed by atoms with Crippen LogP contribution in [0, 0.1) is 0 Å². The van der Waals surface area contributed by atoms with E-state index in [-0.39, 0.29) is 0 Å². The maximum atomic E-state index is 11.0. The molecule has 0 atom stereocenters. The number of pyridine rings is 1. The van der Waals surface area contributed by atoms with Crippen molar-refractivity contribution in [3.8, 4) is 11.5 Å². The fourth-order valence-corrected chi connectivity index (χ4v) is 1.65. The monoisotopic (exact) mass is 293 g/mol. The number of carboxylic acid groups (broad SMARTS) is 1. The van der Waals surface area contributed by atoms with Gasteiger partial charge in [0.2, 0.25) is 0 Å². The van der Waals surface area contributed by atoms with Crippen LogP contribution in [0.4, 0.5) is 16.2 Å². The van der Waals surface area contributed by atoms with Gasteiger partial charge < -0.3 is 15.6 Å². The van der Waals surface area contributed by atoms with Gasteiger partial charge in [0.25, 0.3) is 0 Å². The van der Waals surface area contributed by atoms with E-state index in [4.69, 9.17) is 27.2 Å². The minimum atomic E-state index is -1.11. The maximum absolute atomic E-state index is 11.0. The highest BCUT2D eigenvalue weighted by molar-refractivity contribution is 6.29. The number of rotatable bonds is 3. The summed E-state index contributed by atoms with van der Waals surface area (Å²) in [5.74, 6) is 0.939. The highest BCUT2D eigenvalue weighted by Crippen LogP contribution is 2.30. The molecule has 1 amide bonds. The molecule has 20 heavy (non-hydrogen) atoms. The van der Waals surface area contributed by atoms with Gasteiger partial charge in [-0.05, 0) is 24.3 Å². The molecule has 0 fully saturated rings. The summed E-state index contributed by atoms with van der Waals surface area (Å²) in [5.41, 5.74) is 6.44. The minimum absolute atomic E-state index is 0.344. The highest BCUT2D eigenvalue weighted by Gasteiger charge is 2.13. The van der Waals surface area contributed by atoms with Gasteiger partial charge in [-0.3, -0.25) is 4.90 Å². The number of nitrogens with zero attached hydrogens (tertiary/aromatic N) is 2. The predicted molar refractivity (Wildman–Crippen MR) is 76.6 cm³/mol. The van der Waals surface area contributed by atoms with Gasteiger partial charge in [-0.2, -0.15) is 0 Å². The summed E-state index contributed by atoms with van der Waals surface area (Å²) in [6, 6.07) is 8.01. The van der Waals surface area contributed by atoms with Crippen molar-refractivity contribution in [1.82, 2.24) is 4.98 Å². The molecule has 104 valence electrons. The number of benzene rings is 1. The first-order valence-corrected chi connectivity index (χ1v) is 6.01. The zero-order valence-electron chi connectivity index (χ0n) is 10.6. The summed E-state index contributed by atoms with van der Waals surface area (Å²) < 4.78 is 5.56. The summed E-state index contributed by atoms with van der Waals surface area (Å²) in [7, 11) is 1.40. The third-order valence-electron chi connectivity index (χ3n) is 2.59. The third kappa shape index (κ3) is 3.10. The van der Waals surface area contributed by atoms with Crippen molar-refractivity contribution in [3.05, 3.63) is 41.7 Å². The lowest BCUT2D eigenvalue weighted by molar-refractivity contribution is 0.203. The molecule has 1 aromatic carbocycles. The minimum Gasteiger partial charge on any atom is -0.465 e. The maximum Gasteiger partial charge on any atom is 0.411 e. The molecule has 1 aromatic heterocycles. The van der Waals surface area contributed by atoms with Gasteiger partial charge in [-0.15, -0.1) is 0 Å². The first-order chi connectivity index (χ1) is 9.47. The Bertz CT molecular complexity index is 631. The average molecular weight is 294 g/mol. The molecule has 0 aliphatic carbocycles. The van der Waals surface area contributed by atoms with E-state index < -0.39 is 6.09 Å². The summed E-state index contributed by atoms with van der Waals surface area (Å²) in [4.78, 5) is 15.9. The smallest absolute Gasteiger partial charge is 0.411 e. The Morgan fingerprint density at radius 1 is 1.35 bits per heavy atom. The van der Waals surface area contributed by atoms with Crippen molar-refractivity contribution >= 4 is 29.1 Å². The Hall–Kier alpha value is -2.47. The summed E-state index contributed by atoms with van der Waals surface area (Å²) >= 11 is 5.68. The SMILES string of the molecule is CN(C(=O)O)c1cc(Oc2ccc(Cl)nc2)ccc1N. The molecule has 0 spiro atoms. The van der Waals surface area contributed by atoms with Crippen molar-refractivity contribution in [3.63, 3.8) is 0 Å². The largest absolute Gasteiger partial charge is 0.465 e. The van der Waals surface area contributed by atoms with Crippen LogP contribution in [-0.2, 0) is 0 Å². The number of hydrogen-bond acceptors (Lipinski definition) is 4. The molecular formula is C13H12ClN3O3. The second-order valence-electron chi connectivity index (χ2n) is 3.98. The lowest BCUT2D eigenvalue weighted by atomic mass is 10.2. The highest BCUT2D eigenvalue weighted by atomic mass is 35.5. The summed E-state index contributed by atoms with van der Waals surface area (Å²) in [6.45, 7) is 0.